The average molecular weight is 479 g/mol. The maximum atomic E-state index is 13.1. The number of piperazine rings is 1. The molecule has 8 nitrogen and oxygen atoms in total. The molecule has 4 rings (SSSR count). The van der Waals surface area contributed by atoms with E-state index in [1.54, 1.807) is 0 Å². The smallest absolute Gasteiger partial charge is 0.242 e. The SMILES string of the molecule is CCN(CC)CCN(CC(=O)N1CCN(c2ccc(-c3ccccc3)nn2)CC1)C(=O)C1CCC1. The van der Waals surface area contributed by atoms with Crippen molar-refractivity contribution in [2.24, 2.45) is 5.92 Å². The number of anilines is 1. The molecule has 2 amide bonds. The fraction of sp³-hybridized carbons (Fsp3) is 0.556. The number of nitrogens with zero attached hydrogens (tertiary/aromatic N) is 6. The first-order chi connectivity index (χ1) is 17.1. The van der Waals surface area contributed by atoms with Crippen LogP contribution in [0.2, 0.25) is 0 Å². The standard InChI is InChI=1S/C27H38N6O2/c1-3-30(4-2)15-16-33(27(35)23-11-8-12-23)21-26(34)32-19-17-31(18-20-32)25-14-13-24(28-29-25)22-9-6-5-7-10-22/h5-7,9-10,13-14,23H,3-4,8,11-12,15-21H2,1-2H3. The molecule has 1 aliphatic carbocycles. The Morgan fingerprint density at radius 3 is 2.20 bits per heavy atom. The number of carbonyl (C=O) groups excluding carboxylic acids is 2. The highest BCUT2D eigenvalue weighted by Crippen LogP contribution is 2.28. The normalized spacial score (nSPS) is 16.3. The summed E-state index contributed by atoms with van der Waals surface area (Å²) < 4.78 is 0. The summed E-state index contributed by atoms with van der Waals surface area (Å²) in [6, 6.07) is 14.0. The van der Waals surface area contributed by atoms with Crippen LogP contribution < -0.4 is 4.90 Å². The Hall–Kier alpha value is -3.00. The van der Waals surface area contributed by atoms with E-state index in [9.17, 15) is 9.59 Å². The second kappa shape index (κ2) is 12.1. The van der Waals surface area contributed by atoms with Gasteiger partial charge in [0, 0.05) is 50.7 Å². The lowest BCUT2D eigenvalue weighted by Crippen LogP contribution is -2.53. The lowest BCUT2D eigenvalue weighted by atomic mass is 9.84. The van der Waals surface area contributed by atoms with Crippen molar-refractivity contribution in [3.8, 4) is 11.3 Å². The van der Waals surface area contributed by atoms with Gasteiger partial charge in [-0.3, -0.25) is 9.59 Å². The first-order valence-electron chi connectivity index (χ1n) is 13.0. The molecule has 0 atom stereocenters. The number of carbonyl (C=O) groups is 2. The van der Waals surface area contributed by atoms with Crippen molar-refractivity contribution in [2.45, 2.75) is 33.1 Å². The third-order valence-corrected chi connectivity index (χ3v) is 7.35. The maximum absolute atomic E-state index is 13.1. The first kappa shape index (κ1) is 25.1. The Morgan fingerprint density at radius 2 is 1.63 bits per heavy atom. The third-order valence-electron chi connectivity index (χ3n) is 7.35. The van der Waals surface area contributed by atoms with Crippen molar-refractivity contribution in [3.05, 3.63) is 42.5 Å². The molecule has 2 aliphatic rings. The lowest BCUT2D eigenvalue weighted by Gasteiger charge is -2.37. The molecule has 2 fully saturated rings. The van der Waals surface area contributed by atoms with Crippen molar-refractivity contribution in [1.82, 2.24) is 24.9 Å². The van der Waals surface area contributed by atoms with E-state index < -0.39 is 0 Å². The number of hydrogen-bond donors (Lipinski definition) is 0. The molecule has 188 valence electrons. The molecule has 1 saturated heterocycles. The third kappa shape index (κ3) is 6.36. The molecule has 0 N–H and O–H groups in total. The van der Waals surface area contributed by atoms with Crippen LogP contribution in [0.25, 0.3) is 11.3 Å². The highest BCUT2D eigenvalue weighted by molar-refractivity contribution is 5.86. The van der Waals surface area contributed by atoms with E-state index in [0.29, 0.717) is 32.7 Å². The highest BCUT2D eigenvalue weighted by Gasteiger charge is 2.32. The van der Waals surface area contributed by atoms with Crippen LogP contribution in [-0.2, 0) is 9.59 Å². The van der Waals surface area contributed by atoms with E-state index in [1.165, 1.54) is 0 Å². The van der Waals surface area contributed by atoms with Crippen molar-refractivity contribution >= 4 is 17.6 Å². The number of likely N-dealkylation sites (N-methyl/N-ethyl adjacent to an activating group) is 1. The molecule has 1 aromatic heterocycles. The van der Waals surface area contributed by atoms with Gasteiger partial charge in [-0.2, -0.15) is 0 Å². The summed E-state index contributed by atoms with van der Waals surface area (Å²) in [7, 11) is 0. The Labute approximate surface area is 208 Å². The van der Waals surface area contributed by atoms with Crippen molar-refractivity contribution < 1.29 is 9.59 Å². The number of hydrogen-bond acceptors (Lipinski definition) is 6. The number of amides is 2. The van der Waals surface area contributed by atoms with Crippen LogP contribution in [0.5, 0.6) is 0 Å². The summed E-state index contributed by atoms with van der Waals surface area (Å²) in [5.41, 5.74) is 1.90. The minimum absolute atomic E-state index is 0.0439. The largest absolute Gasteiger partial charge is 0.352 e. The zero-order valence-corrected chi connectivity index (χ0v) is 21.1. The Bertz CT molecular complexity index is 951. The molecule has 8 heteroatoms. The van der Waals surface area contributed by atoms with E-state index in [4.69, 9.17) is 0 Å². The molecule has 0 spiro atoms. The summed E-state index contributed by atoms with van der Waals surface area (Å²) in [4.78, 5) is 34.3. The van der Waals surface area contributed by atoms with Crippen LogP contribution in [0, 0.1) is 5.92 Å². The molecule has 1 saturated carbocycles. The quantitative estimate of drug-likeness (QED) is 0.523. The van der Waals surface area contributed by atoms with Gasteiger partial charge in [0.2, 0.25) is 11.8 Å². The van der Waals surface area contributed by atoms with Gasteiger partial charge < -0.3 is 19.6 Å². The summed E-state index contributed by atoms with van der Waals surface area (Å²) in [6.45, 7) is 10.4. The Morgan fingerprint density at radius 1 is 0.914 bits per heavy atom. The van der Waals surface area contributed by atoms with Gasteiger partial charge in [0.1, 0.15) is 0 Å². The summed E-state index contributed by atoms with van der Waals surface area (Å²) in [5.74, 6) is 1.14. The summed E-state index contributed by atoms with van der Waals surface area (Å²) >= 11 is 0. The summed E-state index contributed by atoms with van der Waals surface area (Å²) in [6.07, 6.45) is 3.03. The van der Waals surface area contributed by atoms with Gasteiger partial charge >= 0.3 is 0 Å². The lowest BCUT2D eigenvalue weighted by molar-refractivity contribution is -0.145. The molecule has 1 aromatic carbocycles. The topological polar surface area (TPSA) is 72.9 Å². The minimum Gasteiger partial charge on any atom is -0.352 e. The van der Waals surface area contributed by atoms with Gasteiger partial charge in [-0.1, -0.05) is 50.6 Å². The fourth-order valence-electron chi connectivity index (χ4n) is 4.69. The van der Waals surface area contributed by atoms with E-state index in [0.717, 1.165) is 56.0 Å². The second-order valence-corrected chi connectivity index (χ2v) is 9.43. The van der Waals surface area contributed by atoms with Gasteiger partial charge in [-0.05, 0) is 38.1 Å². The van der Waals surface area contributed by atoms with Crippen molar-refractivity contribution in [3.63, 3.8) is 0 Å². The minimum atomic E-state index is 0.0439. The molecule has 0 bridgehead atoms. The fourth-order valence-corrected chi connectivity index (χ4v) is 4.69. The molecule has 35 heavy (non-hydrogen) atoms. The van der Waals surface area contributed by atoms with Gasteiger partial charge in [0.05, 0.1) is 12.2 Å². The van der Waals surface area contributed by atoms with Gasteiger partial charge in [-0.25, -0.2) is 0 Å². The predicted octanol–water partition coefficient (Wildman–Crippen LogP) is 2.76. The Kier molecular flexibility index (Phi) is 8.69. The number of benzene rings is 1. The summed E-state index contributed by atoms with van der Waals surface area (Å²) in [5, 5.41) is 8.82. The molecular formula is C27H38N6O2. The predicted molar refractivity (Wildman–Crippen MR) is 138 cm³/mol. The number of aromatic nitrogens is 2. The maximum Gasteiger partial charge on any atom is 0.242 e. The van der Waals surface area contributed by atoms with Crippen LogP contribution in [0.3, 0.4) is 0 Å². The molecule has 1 aliphatic heterocycles. The highest BCUT2D eigenvalue weighted by atomic mass is 16.2. The first-order valence-corrected chi connectivity index (χ1v) is 13.0. The van der Waals surface area contributed by atoms with Crippen molar-refractivity contribution in [2.75, 3.05) is 63.8 Å². The zero-order valence-electron chi connectivity index (χ0n) is 21.1. The van der Waals surface area contributed by atoms with Gasteiger partial charge in [0.15, 0.2) is 5.82 Å². The van der Waals surface area contributed by atoms with Crippen LogP contribution in [0.4, 0.5) is 5.82 Å². The molecular weight excluding hydrogens is 440 g/mol. The van der Waals surface area contributed by atoms with Gasteiger partial charge in [-0.15, -0.1) is 10.2 Å². The van der Waals surface area contributed by atoms with Crippen molar-refractivity contribution in [1.29, 1.82) is 0 Å². The second-order valence-electron chi connectivity index (χ2n) is 9.43. The molecule has 0 radical (unpaired) electrons. The molecule has 2 heterocycles. The zero-order chi connectivity index (χ0) is 24.6. The van der Waals surface area contributed by atoms with Crippen LogP contribution in [0.15, 0.2) is 42.5 Å². The van der Waals surface area contributed by atoms with Crippen LogP contribution >= 0.6 is 0 Å². The van der Waals surface area contributed by atoms with E-state index in [-0.39, 0.29) is 24.3 Å². The molecule has 2 aromatic rings. The Balaban J connectivity index is 1.31. The van der Waals surface area contributed by atoms with Crippen LogP contribution in [0.1, 0.15) is 33.1 Å². The molecule has 0 unspecified atom stereocenters. The van der Waals surface area contributed by atoms with Gasteiger partial charge in [0.25, 0.3) is 0 Å². The van der Waals surface area contributed by atoms with Crippen LogP contribution in [-0.4, -0.2) is 95.6 Å². The monoisotopic (exact) mass is 478 g/mol. The van der Waals surface area contributed by atoms with E-state index >= 15 is 0 Å². The van der Waals surface area contributed by atoms with E-state index in [1.807, 2.05) is 52.3 Å². The number of rotatable bonds is 10. The van der Waals surface area contributed by atoms with E-state index in [2.05, 4.69) is 33.8 Å². The average Bonchev–Trinajstić information content (AvgIpc) is 2.88.